The molecule has 1 saturated carbocycles. The van der Waals surface area contributed by atoms with Gasteiger partial charge in [-0.05, 0) is 42.7 Å². The van der Waals surface area contributed by atoms with Gasteiger partial charge in [-0.2, -0.15) is 0 Å². The molecule has 27 heavy (non-hydrogen) atoms. The number of hydrogen-bond acceptors (Lipinski definition) is 3. The molecule has 1 aliphatic carbocycles. The summed E-state index contributed by atoms with van der Waals surface area (Å²) in [7, 11) is 0. The normalized spacial score (nSPS) is 18.6. The van der Waals surface area contributed by atoms with E-state index in [-0.39, 0.29) is 17.5 Å². The van der Waals surface area contributed by atoms with Gasteiger partial charge >= 0.3 is 5.97 Å². The molecule has 3 heterocycles. The standard InChI is InChI=1S/C22H21NO4/c1-11(2)17-8-15-14-6-5-13(12-3-4-12)7-20(14)27-21(15)18-9-19(24)16(22(25)26)10-23(17)18/h5-7,9-12,17H,3-4,8H2,1-2H3,(H,25,26). The Morgan fingerprint density at radius 1 is 1.26 bits per heavy atom. The Balaban J connectivity index is 1.77. The molecule has 5 nitrogen and oxygen atoms in total. The maximum Gasteiger partial charge on any atom is 0.341 e. The summed E-state index contributed by atoms with van der Waals surface area (Å²) in [5.41, 5.74) is 3.29. The highest BCUT2D eigenvalue weighted by Gasteiger charge is 2.32. The number of nitrogens with zero attached hydrogens (tertiary/aromatic N) is 1. The van der Waals surface area contributed by atoms with Crippen LogP contribution in [0.25, 0.3) is 22.4 Å². The molecule has 3 aromatic rings. The van der Waals surface area contributed by atoms with Crippen molar-refractivity contribution in [3.05, 3.63) is 57.4 Å². The average molecular weight is 363 g/mol. The third-order valence-corrected chi connectivity index (χ3v) is 5.95. The summed E-state index contributed by atoms with van der Waals surface area (Å²) in [5.74, 6) is 0.441. The van der Waals surface area contributed by atoms with Crippen LogP contribution in [0.1, 0.15) is 60.1 Å². The average Bonchev–Trinajstić information content (AvgIpc) is 3.41. The highest BCUT2D eigenvalue weighted by molar-refractivity contribution is 5.90. The van der Waals surface area contributed by atoms with E-state index in [9.17, 15) is 14.7 Å². The van der Waals surface area contributed by atoms with E-state index in [0.717, 1.165) is 23.0 Å². The zero-order chi connectivity index (χ0) is 18.9. The predicted molar refractivity (Wildman–Crippen MR) is 102 cm³/mol. The number of carboxylic acids is 1. The molecule has 0 radical (unpaired) electrons. The van der Waals surface area contributed by atoms with Gasteiger partial charge in [0.2, 0.25) is 0 Å². The number of rotatable bonds is 3. The molecule has 0 amide bonds. The van der Waals surface area contributed by atoms with Gasteiger partial charge in [0, 0.05) is 29.3 Å². The van der Waals surface area contributed by atoms with Crippen molar-refractivity contribution in [2.75, 3.05) is 0 Å². The summed E-state index contributed by atoms with van der Waals surface area (Å²) >= 11 is 0. The van der Waals surface area contributed by atoms with Crippen LogP contribution in [-0.4, -0.2) is 15.6 Å². The predicted octanol–water partition coefficient (Wildman–Crippen LogP) is 4.59. The summed E-state index contributed by atoms with van der Waals surface area (Å²) < 4.78 is 8.13. The fourth-order valence-electron chi connectivity index (χ4n) is 4.28. The summed E-state index contributed by atoms with van der Waals surface area (Å²) in [6.07, 6.45) is 4.71. The molecule has 0 saturated heterocycles. The van der Waals surface area contributed by atoms with Crippen LogP contribution in [0.4, 0.5) is 0 Å². The molecule has 2 aliphatic rings. The third-order valence-electron chi connectivity index (χ3n) is 5.95. The lowest BCUT2D eigenvalue weighted by atomic mass is 9.89. The second-order valence-corrected chi connectivity index (χ2v) is 8.10. The van der Waals surface area contributed by atoms with Gasteiger partial charge < -0.3 is 14.1 Å². The van der Waals surface area contributed by atoms with Crippen LogP contribution in [0, 0.1) is 5.92 Å². The molecule has 1 fully saturated rings. The first-order valence-corrected chi connectivity index (χ1v) is 9.49. The Labute approximate surface area is 156 Å². The van der Waals surface area contributed by atoms with Crippen molar-refractivity contribution in [2.45, 2.75) is 45.1 Å². The number of furan rings is 1. The van der Waals surface area contributed by atoms with Crippen LogP contribution < -0.4 is 5.43 Å². The lowest BCUT2D eigenvalue weighted by Crippen LogP contribution is -2.27. The van der Waals surface area contributed by atoms with E-state index in [1.165, 1.54) is 30.7 Å². The van der Waals surface area contributed by atoms with Crippen LogP contribution in [-0.2, 0) is 6.42 Å². The van der Waals surface area contributed by atoms with E-state index >= 15 is 0 Å². The fourth-order valence-corrected chi connectivity index (χ4v) is 4.28. The molecule has 1 N–H and O–H groups in total. The molecule has 5 heteroatoms. The molecule has 138 valence electrons. The molecular weight excluding hydrogens is 342 g/mol. The first kappa shape index (κ1) is 16.4. The Morgan fingerprint density at radius 3 is 2.70 bits per heavy atom. The second-order valence-electron chi connectivity index (χ2n) is 8.10. The molecular formula is C22H21NO4. The fraction of sp³-hybridized carbons (Fsp3) is 0.364. The zero-order valence-corrected chi connectivity index (χ0v) is 15.4. The first-order chi connectivity index (χ1) is 12.9. The van der Waals surface area contributed by atoms with Gasteiger partial charge in [-0.15, -0.1) is 0 Å². The molecule has 0 spiro atoms. The van der Waals surface area contributed by atoms with E-state index in [0.29, 0.717) is 17.4 Å². The lowest BCUT2D eigenvalue weighted by molar-refractivity contribution is 0.0694. The molecule has 1 aromatic carbocycles. The van der Waals surface area contributed by atoms with Crippen molar-refractivity contribution in [1.29, 1.82) is 0 Å². The van der Waals surface area contributed by atoms with Crippen molar-refractivity contribution >= 4 is 16.9 Å². The van der Waals surface area contributed by atoms with Crippen LogP contribution in [0.15, 0.2) is 39.7 Å². The summed E-state index contributed by atoms with van der Waals surface area (Å²) in [5, 5.41) is 10.5. The van der Waals surface area contributed by atoms with Gasteiger partial charge in [0.05, 0.1) is 5.69 Å². The van der Waals surface area contributed by atoms with Gasteiger partial charge in [0.25, 0.3) is 0 Å². The van der Waals surface area contributed by atoms with Crippen molar-refractivity contribution in [1.82, 2.24) is 4.57 Å². The highest BCUT2D eigenvalue weighted by Crippen LogP contribution is 2.45. The minimum Gasteiger partial charge on any atom is -0.477 e. The smallest absolute Gasteiger partial charge is 0.341 e. The van der Waals surface area contributed by atoms with Crippen molar-refractivity contribution in [2.24, 2.45) is 5.92 Å². The van der Waals surface area contributed by atoms with Crippen LogP contribution in [0.5, 0.6) is 0 Å². The Morgan fingerprint density at radius 2 is 2.04 bits per heavy atom. The SMILES string of the molecule is CC(C)C1Cc2c(oc3cc(C4CC4)ccc23)-c2cc(=O)c(C(=O)O)cn21. The van der Waals surface area contributed by atoms with Gasteiger partial charge in [-0.3, -0.25) is 4.79 Å². The molecule has 0 bridgehead atoms. The summed E-state index contributed by atoms with van der Waals surface area (Å²) in [4.78, 5) is 23.8. The summed E-state index contributed by atoms with van der Waals surface area (Å²) in [6.45, 7) is 4.23. The maximum atomic E-state index is 12.3. The van der Waals surface area contributed by atoms with Crippen LogP contribution in [0.2, 0.25) is 0 Å². The monoisotopic (exact) mass is 363 g/mol. The highest BCUT2D eigenvalue weighted by atomic mass is 16.4. The Bertz CT molecular complexity index is 1150. The number of aromatic carboxylic acids is 1. The minimum atomic E-state index is -1.19. The number of hydrogen-bond donors (Lipinski definition) is 1. The van der Waals surface area contributed by atoms with E-state index in [1.54, 1.807) is 0 Å². The zero-order valence-electron chi connectivity index (χ0n) is 15.4. The van der Waals surface area contributed by atoms with Crippen molar-refractivity contribution in [3.8, 4) is 11.5 Å². The van der Waals surface area contributed by atoms with Crippen molar-refractivity contribution in [3.63, 3.8) is 0 Å². The Kier molecular flexibility index (Phi) is 3.39. The first-order valence-electron chi connectivity index (χ1n) is 9.49. The minimum absolute atomic E-state index is 0.0788. The third kappa shape index (κ3) is 2.45. The van der Waals surface area contributed by atoms with Gasteiger partial charge in [0.1, 0.15) is 11.1 Å². The van der Waals surface area contributed by atoms with Gasteiger partial charge in [-0.1, -0.05) is 26.0 Å². The molecule has 2 aromatic heterocycles. The van der Waals surface area contributed by atoms with Crippen LogP contribution >= 0.6 is 0 Å². The molecule has 1 aliphatic heterocycles. The van der Waals surface area contributed by atoms with Crippen molar-refractivity contribution < 1.29 is 14.3 Å². The summed E-state index contributed by atoms with van der Waals surface area (Å²) in [6, 6.07) is 7.96. The Hall–Kier alpha value is -2.82. The molecule has 1 atom stereocenters. The molecule has 5 rings (SSSR count). The number of fused-ring (bicyclic) bond motifs is 5. The van der Waals surface area contributed by atoms with Gasteiger partial charge in [0.15, 0.2) is 11.2 Å². The topological polar surface area (TPSA) is 72.4 Å². The van der Waals surface area contributed by atoms with E-state index in [1.807, 2.05) is 4.57 Å². The van der Waals surface area contributed by atoms with E-state index < -0.39 is 11.4 Å². The second kappa shape index (κ2) is 5.59. The van der Waals surface area contributed by atoms with Crippen LogP contribution in [0.3, 0.4) is 0 Å². The number of pyridine rings is 1. The molecule has 1 unspecified atom stereocenters. The van der Waals surface area contributed by atoms with E-state index in [4.69, 9.17) is 4.42 Å². The quantitative estimate of drug-likeness (QED) is 0.739. The number of aromatic nitrogens is 1. The number of carboxylic acid groups (broad SMARTS) is 1. The lowest BCUT2D eigenvalue weighted by Gasteiger charge is -2.31. The number of carbonyl (C=O) groups is 1. The van der Waals surface area contributed by atoms with Gasteiger partial charge in [-0.25, -0.2) is 4.79 Å². The largest absolute Gasteiger partial charge is 0.477 e. The maximum absolute atomic E-state index is 12.3. The van der Waals surface area contributed by atoms with E-state index in [2.05, 4.69) is 32.0 Å². The number of benzene rings is 1.